The summed E-state index contributed by atoms with van der Waals surface area (Å²) in [6.45, 7) is 7.03. The highest BCUT2D eigenvalue weighted by molar-refractivity contribution is 6.31. The molecule has 2 aromatic rings. The molecule has 0 radical (unpaired) electrons. The van der Waals surface area contributed by atoms with Gasteiger partial charge in [-0.15, -0.1) is 12.4 Å². The van der Waals surface area contributed by atoms with E-state index in [0.717, 1.165) is 40.7 Å². The van der Waals surface area contributed by atoms with Crippen LogP contribution in [0.5, 0.6) is 11.5 Å². The molecule has 150 valence electrons. The number of hydrogen-bond donors (Lipinski definition) is 1. The Kier molecular flexibility index (Phi) is 12.0. The first kappa shape index (κ1) is 23.6. The molecule has 5 heteroatoms. The first-order valence-electron chi connectivity index (χ1n) is 9.57. The lowest BCUT2D eigenvalue weighted by Crippen LogP contribution is -2.16. The maximum Gasteiger partial charge on any atom is 0.166 e. The van der Waals surface area contributed by atoms with Crippen molar-refractivity contribution in [2.75, 3.05) is 13.2 Å². The molecule has 0 unspecified atom stereocenters. The van der Waals surface area contributed by atoms with Gasteiger partial charge in [-0.25, -0.2) is 0 Å². The number of benzene rings is 2. The van der Waals surface area contributed by atoms with E-state index in [0.29, 0.717) is 13.2 Å². The van der Waals surface area contributed by atoms with Gasteiger partial charge in [0.05, 0.1) is 6.61 Å². The quantitative estimate of drug-likeness (QED) is 0.409. The highest BCUT2D eigenvalue weighted by atomic mass is 35.5. The zero-order valence-electron chi connectivity index (χ0n) is 16.3. The lowest BCUT2D eigenvalue weighted by atomic mass is 10.1. The molecule has 0 saturated carbocycles. The molecule has 0 aliphatic rings. The van der Waals surface area contributed by atoms with E-state index in [-0.39, 0.29) is 12.4 Å². The highest BCUT2D eigenvalue weighted by Crippen LogP contribution is 2.32. The Morgan fingerprint density at radius 3 is 2.41 bits per heavy atom. The van der Waals surface area contributed by atoms with Crippen molar-refractivity contribution >= 4 is 24.0 Å². The SMILES string of the molecule is CCCCCCNCc1cccc(OCC)c1OCc1ccccc1Cl.Cl. The Bertz CT molecular complexity index is 665. The second kappa shape index (κ2) is 13.7. The van der Waals surface area contributed by atoms with Gasteiger partial charge in [0.25, 0.3) is 0 Å². The summed E-state index contributed by atoms with van der Waals surface area (Å²) in [5, 5.41) is 4.24. The lowest BCUT2D eigenvalue weighted by Gasteiger charge is -2.17. The largest absolute Gasteiger partial charge is 0.490 e. The van der Waals surface area contributed by atoms with E-state index in [1.54, 1.807) is 0 Å². The second-order valence-corrected chi connectivity index (χ2v) is 6.70. The van der Waals surface area contributed by atoms with Gasteiger partial charge >= 0.3 is 0 Å². The van der Waals surface area contributed by atoms with E-state index in [2.05, 4.69) is 18.3 Å². The number of para-hydroxylation sites is 1. The number of halogens is 2. The molecule has 0 amide bonds. The predicted octanol–water partition coefficient (Wildman–Crippen LogP) is 6.41. The fourth-order valence-corrected chi connectivity index (χ4v) is 2.99. The summed E-state index contributed by atoms with van der Waals surface area (Å²) < 4.78 is 11.9. The van der Waals surface area contributed by atoms with Crippen LogP contribution >= 0.6 is 24.0 Å². The van der Waals surface area contributed by atoms with Crippen LogP contribution in [-0.4, -0.2) is 13.2 Å². The van der Waals surface area contributed by atoms with E-state index < -0.39 is 0 Å². The molecule has 0 fully saturated rings. The Morgan fingerprint density at radius 2 is 1.67 bits per heavy atom. The lowest BCUT2D eigenvalue weighted by molar-refractivity contribution is 0.266. The van der Waals surface area contributed by atoms with Gasteiger partial charge in [-0.2, -0.15) is 0 Å². The summed E-state index contributed by atoms with van der Waals surface area (Å²) in [5.41, 5.74) is 2.08. The Morgan fingerprint density at radius 1 is 0.889 bits per heavy atom. The van der Waals surface area contributed by atoms with Gasteiger partial charge in [-0.05, 0) is 32.0 Å². The summed E-state index contributed by atoms with van der Waals surface area (Å²) >= 11 is 6.25. The Labute approximate surface area is 174 Å². The molecule has 0 saturated heterocycles. The maximum absolute atomic E-state index is 6.25. The van der Waals surface area contributed by atoms with E-state index in [9.17, 15) is 0 Å². The molecular weight excluding hydrogens is 381 g/mol. The van der Waals surface area contributed by atoms with Crippen molar-refractivity contribution in [3.05, 3.63) is 58.6 Å². The number of ether oxygens (including phenoxy) is 2. The van der Waals surface area contributed by atoms with Gasteiger partial charge in [0.15, 0.2) is 11.5 Å². The average Bonchev–Trinajstić information content (AvgIpc) is 2.65. The average molecular weight is 412 g/mol. The van der Waals surface area contributed by atoms with Crippen molar-refractivity contribution in [3.8, 4) is 11.5 Å². The van der Waals surface area contributed by atoms with E-state index in [1.165, 1.54) is 25.7 Å². The molecular formula is C22H31Cl2NO2. The van der Waals surface area contributed by atoms with Gasteiger partial charge in [0.1, 0.15) is 6.61 Å². The molecule has 0 heterocycles. The molecule has 0 atom stereocenters. The first-order valence-corrected chi connectivity index (χ1v) is 9.95. The van der Waals surface area contributed by atoms with Crippen molar-refractivity contribution in [1.29, 1.82) is 0 Å². The van der Waals surface area contributed by atoms with E-state index in [4.69, 9.17) is 21.1 Å². The highest BCUT2D eigenvalue weighted by Gasteiger charge is 2.12. The molecule has 3 nitrogen and oxygen atoms in total. The summed E-state index contributed by atoms with van der Waals surface area (Å²) in [7, 11) is 0. The van der Waals surface area contributed by atoms with Gasteiger partial charge < -0.3 is 14.8 Å². The standard InChI is InChI=1S/C22H30ClNO2.ClH/c1-3-5-6-9-15-24-16-18-12-10-14-21(25-4-2)22(18)26-17-19-11-7-8-13-20(19)23;/h7-8,10-14,24H,3-6,9,15-17H2,1-2H3;1H. The summed E-state index contributed by atoms with van der Waals surface area (Å²) in [4.78, 5) is 0. The zero-order valence-corrected chi connectivity index (χ0v) is 17.9. The first-order chi connectivity index (χ1) is 12.8. The van der Waals surface area contributed by atoms with Crippen LogP contribution in [0.3, 0.4) is 0 Å². The molecule has 2 rings (SSSR count). The molecule has 0 aliphatic heterocycles. The van der Waals surface area contributed by atoms with Gasteiger partial charge in [0.2, 0.25) is 0 Å². The monoisotopic (exact) mass is 411 g/mol. The Hall–Kier alpha value is -1.42. The molecule has 2 aromatic carbocycles. The normalized spacial score (nSPS) is 10.3. The van der Waals surface area contributed by atoms with E-state index >= 15 is 0 Å². The summed E-state index contributed by atoms with van der Waals surface area (Å²) in [5.74, 6) is 1.58. The van der Waals surface area contributed by atoms with Gasteiger partial charge in [-0.1, -0.05) is 68.1 Å². The van der Waals surface area contributed by atoms with Crippen molar-refractivity contribution in [1.82, 2.24) is 5.32 Å². The summed E-state index contributed by atoms with van der Waals surface area (Å²) in [6, 6.07) is 13.8. The fraction of sp³-hybridized carbons (Fsp3) is 0.455. The third-order valence-corrected chi connectivity index (χ3v) is 4.58. The maximum atomic E-state index is 6.25. The molecule has 0 bridgehead atoms. The Balaban J connectivity index is 0.00000364. The van der Waals surface area contributed by atoms with Crippen LogP contribution in [0.25, 0.3) is 0 Å². The van der Waals surface area contributed by atoms with E-state index in [1.807, 2.05) is 43.3 Å². The van der Waals surface area contributed by atoms with Crippen molar-refractivity contribution in [2.45, 2.75) is 52.7 Å². The minimum atomic E-state index is 0. The van der Waals surface area contributed by atoms with Gasteiger partial charge in [0, 0.05) is 22.7 Å². The van der Waals surface area contributed by atoms with Crippen molar-refractivity contribution in [3.63, 3.8) is 0 Å². The van der Waals surface area contributed by atoms with Crippen LogP contribution in [0.4, 0.5) is 0 Å². The molecule has 0 aromatic heterocycles. The number of hydrogen-bond acceptors (Lipinski definition) is 3. The number of unbranched alkanes of at least 4 members (excludes halogenated alkanes) is 3. The fourth-order valence-electron chi connectivity index (χ4n) is 2.80. The number of rotatable bonds is 12. The molecule has 27 heavy (non-hydrogen) atoms. The topological polar surface area (TPSA) is 30.5 Å². The van der Waals surface area contributed by atoms with Crippen LogP contribution in [0, 0.1) is 0 Å². The van der Waals surface area contributed by atoms with Crippen LogP contribution in [-0.2, 0) is 13.2 Å². The minimum Gasteiger partial charge on any atom is -0.490 e. The second-order valence-electron chi connectivity index (χ2n) is 6.29. The van der Waals surface area contributed by atoms with Crippen LogP contribution in [0.1, 0.15) is 50.7 Å². The minimum absolute atomic E-state index is 0. The third kappa shape index (κ3) is 8.00. The molecule has 1 N–H and O–H groups in total. The zero-order chi connectivity index (χ0) is 18.6. The molecule has 0 spiro atoms. The van der Waals surface area contributed by atoms with Crippen molar-refractivity contribution < 1.29 is 9.47 Å². The summed E-state index contributed by atoms with van der Waals surface area (Å²) in [6.07, 6.45) is 5.04. The third-order valence-electron chi connectivity index (χ3n) is 4.21. The smallest absolute Gasteiger partial charge is 0.166 e. The van der Waals surface area contributed by atoms with Crippen LogP contribution in [0.15, 0.2) is 42.5 Å². The number of nitrogens with one attached hydrogen (secondary N) is 1. The molecule has 0 aliphatic carbocycles. The van der Waals surface area contributed by atoms with Crippen LogP contribution < -0.4 is 14.8 Å². The van der Waals surface area contributed by atoms with Crippen molar-refractivity contribution in [2.24, 2.45) is 0 Å². The van der Waals surface area contributed by atoms with Gasteiger partial charge in [-0.3, -0.25) is 0 Å². The predicted molar refractivity (Wildman–Crippen MR) is 116 cm³/mol. The van der Waals surface area contributed by atoms with Crippen LogP contribution in [0.2, 0.25) is 5.02 Å².